The number of rotatable bonds is 4. The Hall–Kier alpha value is -2.11. The van der Waals surface area contributed by atoms with E-state index in [9.17, 15) is 14.9 Å². The van der Waals surface area contributed by atoms with Crippen LogP contribution in [0.2, 0.25) is 0 Å². The first-order valence-electron chi connectivity index (χ1n) is 10.2. The van der Waals surface area contributed by atoms with Crippen molar-refractivity contribution in [2.45, 2.75) is 52.0 Å². The summed E-state index contributed by atoms with van der Waals surface area (Å²) < 4.78 is 5.05. The topological polar surface area (TPSA) is 86.9 Å². The Morgan fingerprint density at radius 2 is 2.00 bits per heavy atom. The molecule has 2 aliphatic rings. The van der Waals surface area contributed by atoms with Crippen LogP contribution in [-0.2, 0) is 22.4 Å². The Balaban J connectivity index is 1.61. The molecule has 2 N–H and O–H groups in total. The number of thiophene rings is 1. The normalized spacial score (nSPS) is 18.5. The second-order valence-electron chi connectivity index (χ2n) is 7.44. The van der Waals surface area contributed by atoms with Crippen molar-refractivity contribution in [2.24, 2.45) is 0 Å². The van der Waals surface area contributed by atoms with Gasteiger partial charge in [0.1, 0.15) is 11.1 Å². The van der Waals surface area contributed by atoms with E-state index in [1.807, 2.05) is 6.92 Å². The maximum Gasteiger partial charge on any atom is 0.410 e. The number of quaternary nitrogens is 1. The third kappa shape index (κ3) is 4.47. The summed E-state index contributed by atoms with van der Waals surface area (Å²) in [5.74, 6) is -0.0625. The lowest BCUT2D eigenvalue weighted by Crippen LogP contribution is -3.19. The number of aryl methyl sites for hydroxylation is 1. The molecule has 1 aromatic rings. The lowest BCUT2D eigenvalue weighted by atomic mass is 10.1. The summed E-state index contributed by atoms with van der Waals surface area (Å²) in [5.41, 5.74) is 1.80. The van der Waals surface area contributed by atoms with Crippen molar-refractivity contribution in [1.82, 2.24) is 4.90 Å². The third-order valence-corrected chi connectivity index (χ3v) is 6.91. The Bertz CT molecular complexity index is 762. The van der Waals surface area contributed by atoms with Crippen molar-refractivity contribution in [1.29, 1.82) is 5.26 Å². The molecule has 3 rings (SSSR count). The Morgan fingerprint density at radius 1 is 1.29 bits per heavy atom. The standard InChI is InChI=1S/C20H28N4O3S/c1-3-27-20(26)24-11-9-23(10-12-24)14(2)18(25)22-19-16(13-21)15-7-5-4-6-8-17(15)28-19/h14H,3-12H2,1-2H3,(H,22,25)/p+1/t14-/m1/s1. The van der Waals surface area contributed by atoms with Crippen LogP contribution >= 0.6 is 11.3 Å². The van der Waals surface area contributed by atoms with Crippen molar-refractivity contribution in [3.8, 4) is 6.07 Å². The molecular weight excluding hydrogens is 376 g/mol. The smallest absolute Gasteiger partial charge is 0.410 e. The number of carbonyl (C=O) groups excluding carboxylic acids is 2. The van der Waals surface area contributed by atoms with E-state index in [4.69, 9.17) is 4.74 Å². The largest absolute Gasteiger partial charge is 0.450 e. The van der Waals surface area contributed by atoms with E-state index >= 15 is 0 Å². The number of ether oxygens (including phenoxy) is 1. The molecule has 152 valence electrons. The minimum absolute atomic E-state index is 0.0625. The van der Waals surface area contributed by atoms with E-state index < -0.39 is 0 Å². The minimum atomic E-state index is -0.280. The minimum Gasteiger partial charge on any atom is -0.450 e. The molecule has 1 saturated heterocycles. The first-order chi connectivity index (χ1) is 13.5. The highest BCUT2D eigenvalue weighted by Gasteiger charge is 2.32. The van der Waals surface area contributed by atoms with E-state index in [-0.39, 0.29) is 18.0 Å². The number of nitriles is 1. The molecule has 8 heteroatoms. The molecule has 0 radical (unpaired) electrons. The molecule has 1 aliphatic heterocycles. The van der Waals surface area contributed by atoms with Crippen LogP contribution in [0.5, 0.6) is 0 Å². The van der Waals surface area contributed by atoms with Gasteiger partial charge < -0.3 is 15.0 Å². The number of hydrogen-bond donors (Lipinski definition) is 2. The van der Waals surface area contributed by atoms with Crippen molar-refractivity contribution in [2.75, 3.05) is 38.1 Å². The first kappa shape index (κ1) is 20.6. The van der Waals surface area contributed by atoms with E-state index in [1.165, 1.54) is 11.3 Å². The molecule has 2 amide bonds. The summed E-state index contributed by atoms with van der Waals surface area (Å²) in [6, 6.07) is 2.08. The zero-order chi connectivity index (χ0) is 20.1. The maximum atomic E-state index is 12.8. The van der Waals surface area contributed by atoms with Gasteiger partial charge in [0, 0.05) is 4.88 Å². The summed E-state index contributed by atoms with van der Waals surface area (Å²) in [5, 5.41) is 13.4. The van der Waals surface area contributed by atoms with Gasteiger partial charge in [-0.2, -0.15) is 5.26 Å². The lowest BCUT2D eigenvalue weighted by Gasteiger charge is -2.34. The molecule has 0 bridgehead atoms. The van der Waals surface area contributed by atoms with Crippen LogP contribution < -0.4 is 10.2 Å². The van der Waals surface area contributed by atoms with Gasteiger partial charge in [0.15, 0.2) is 6.04 Å². The number of fused-ring (bicyclic) bond motifs is 1. The Labute approximate surface area is 170 Å². The van der Waals surface area contributed by atoms with Crippen LogP contribution in [0.25, 0.3) is 0 Å². The molecule has 2 heterocycles. The third-order valence-electron chi connectivity index (χ3n) is 5.71. The Kier molecular flexibility index (Phi) is 6.92. The molecule has 0 saturated carbocycles. The molecule has 1 atom stereocenters. The number of nitrogens with zero attached hydrogens (tertiary/aromatic N) is 2. The van der Waals surface area contributed by atoms with Gasteiger partial charge in [0.25, 0.3) is 5.91 Å². The van der Waals surface area contributed by atoms with Gasteiger partial charge in [-0.05, 0) is 45.1 Å². The monoisotopic (exact) mass is 405 g/mol. The summed E-state index contributed by atoms with van der Waals surface area (Å²) in [6.07, 6.45) is 5.11. The zero-order valence-electron chi connectivity index (χ0n) is 16.7. The van der Waals surface area contributed by atoms with Crippen molar-refractivity contribution >= 4 is 28.3 Å². The quantitative estimate of drug-likeness (QED) is 0.745. The second-order valence-corrected chi connectivity index (χ2v) is 8.54. The van der Waals surface area contributed by atoms with Crippen LogP contribution in [0, 0.1) is 11.3 Å². The van der Waals surface area contributed by atoms with Gasteiger partial charge in [-0.3, -0.25) is 9.69 Å². The van der Waals surface area contributed by atoms with E-state index in [2.05, 4.69) is 11.4 Å². The van der Waals surface area contributed by atoms with E-state index in [1.54, 1.807) is 23.2 Å². The Morgan fingerprint density at radius 3 is 2.68 bits per heavy atom. The maximum absolute atomic E-state index is 12.8. The molecular formula is C20H29N4O3S+. The SMILES string of the molecule is CCOC(=O)N1CC[NH+]([C@H](C)C(=O)Nc2sc3c(c2C#N)CCCCC3)CC1. The van der Waals surface area contributed by atoms with Crippen LogP contribution in [0.15, 0.2) is 0 Å². The molecule has 0 unspecified atom stereocenters. The van der Waals surface area contributed by atoms with Gasteiger partial charge in [-0.15, -0.1) is 11.3 Å². The molecule has 1 aliphatic carbocycles. The average molecular weight is 406 g/mol. The van der Waals surface area contributed by atoms with Gasteiger partial charge in [-0.1, -0.05) is 6.42 Å². The number of amides is 2. The number of piperazine rings is 1. The second kappa shape index (κ2) is 9.39. The molecule has 7 nitrogen and oxygen atoms in total. The highest BCUT2D eigenvalue weighted by atomic mass is 32.1. The van der Waals surface area contributed by atoms with Gasteiger partial charge >= 0.3 is 6.09 Å². The van der Waals surface area contributed by atoms with Gasteiger partial charge in [0.2, 0.25) is 0 Å². The predicted octanol–water partition coefficient (Wildman–Crippen LogP) is 1.57. The summed E-state index contributed by atoms with van der Waals surface area (Å²) in [7, 11) is 0. The molecule has 0 aromatic carbocycles. The van der Waals surface area contributed by atoms with E-state index in [0.717, 1.165) is 36.1 Å². The van der Waals surface area contributed by atoms with Crippen LogP contribution in [-0.4, -0.2) is 55.7 Å². The molecule has 1 aromatic heterocycles. The number of carbonyl (C=O) groups is 2. The number of nitrogens with one attached hydrogen (secondary N) is 2. The molecule has 0 spiro atoms. The van der Waals surface area contributed by atoms with Crippen molar-refractivity contribution in [3.63, 3.8) is 0 Å². The van der Waals surface area contributed by atoms with E-state index in [0.29, 0.717) is 43.4 Å². The fourth-order valence-corrected chi connectivity index (χ4v) is 5.22. The summed E-state index contributed by atoms with van der Waals surface area (Å²) in [4.78, 5) is 28.8. The lowest BCUT2D eigenvalue weighted by molar-refractivity contribution is -0.917. The van der Waals surface area contributed by atoms with Crippen LogP contribution in [0.4, 0.5) is 9.80 Å². The van der Waals surface area contributed by atoms with Crippen molar-refractivity contribution in [3.05, 3.63) is 16.0 Å². The highest BCUT2D eigenvalue weighted by molar-refractivity contribution is 7.16. The summed E-state index contributed by atoms with van der Waals surface area (Å²) in [6.45, 7) is 6.67. The van der Waals surface area contributed by atoms with Crippen molar-refractivity contribution < 1.29 is 19.2 Å². The molecule has 1 fully saturated rings. The van der Waals surface area contributed by atoms with Gasteiger partial charge in [0.05, 0.1) is 38.3 Å². The fourth-order valence-electron chi connectivity index (χ4n) is 3.98. The highest BCUT2D eigenvalue weighted by Crippen LogP contribution is 2.36. The number of hydrogen-bond acceptors (Lipinski definition) is 5. The van der Waals surface area contributed by atoms with Crippen LogP contribution in [0.1, 0.15) is 49.1 Å². The fraction of sp³-hybridized carbons (Fsp3) is 0.650. The number of anilines is 1. The average Bonchev–Trinajstić information content (AvgIpc) is 2.86. The zero-order valence-corrected chi connectivity index (χ0v) is 17.5. The summed E-state index contributed by atoms with van der Waals surface area (Å²) >= 11 is 1.57. The van der Waals surface area contributed by atoms with Gasteiger partial charge in [-0.25, -0.2) is 4.79 Å². The predicted molar refractivity (Wildman–Crippen MR) is 108 cm³/mol. The first-order valence-corrected chi connectivity index (χ1v) is 11.0. The molecule has 28 heavy (non-hydrogen) atoms. The van der Waals surface area contributed by atoms with Crippen LogP contribution in [0.3, 0.4) is 0 Å².